The average molecular weight is 505 g/mol. The molecule has 0 spiro atoms. The van der Waals surface area contributed by atoms with Gasteiger partial charge in [0.05, 0.1) is 36.7 Å². The van der Waals surface area contributed by atoms with E-state index >= 15 is 0 Å². The summed E-state index contributed by atoms with van der Waals surface area (Å²) in [5.41, 5.74) is 2.47. The fourth-order valence-electron chi connectivity index (χ4n) is 4.75. The molecule has 1 aromatic heterocycles. The Balaban J connectivity index is 1.51. The van der Waals surface area contributed by atoms with Crippen LogP contribution in [0.1, 0.15) is 35.9 Å². The third-order valence-electron chi connectivity index (χ3n) is 6.46. The van der Waals surface area contributed by atoms with Crippen molar-refractivity contribution < 1.29 is 18.8 Å². The lowest BCUT2D eigenvalue weighted by atomic mass is 9.95. The molecule has 184 valence electrons. The van der Waals surface area contributed by atoms with E-state index in [1.807, 2.05) is 37.3 Å². The van der Waals surface area contributed by atoms with Crippen molar-refractivity contribution in [3.63, 3.8) is 0 Å². The number of carbonyl (C=O) groups is 3. The number of nitrogens with one attached hydrogen (secondary N) is 2. The Bertz CT molecular complexity index is 1310. The molecular weight excluding hydrogens is 480 g/mol. The number of rotatable bonds is 7. The molecule has 0 aliphatic carbocycles. The zero-order valence-corrected chi connectivity index (χ0v) is 20.4. The molecule has 0 bridgehead atoms. The van der Waals surface area contributed by atoms with Gasteiger partial charge in [-0.05, 0) is 42.3 Å². The summed E-state index contributed by atoms with van der Waals surface area (Å²) in [6, 6.07) is 17.9. The number of furan rings is 1. The molecule has 9 heteroatoms. The summed E-state index contributed by atoms with van der Waals surface area (Å²) in [6.45, 7) is 2.57. The molecule has 36 heavy (non-hydrogen) atoms. The lowest BCUT2D eigenvalue weighted by Gasteiger charge is -2.32. The molecule has 0 radical (unpaired) electrons. The van der Waals surface area contributed by atoms with Gasteiger partial charge in [-0.1, -0.05) is 54.1 Å². The maximum absolute atomic E-state index is 14.0. The molecule has 2 aromatic carbocycles. The summed E-state index contributed by atoms with van der Waals surface area (Å²) >= 11 is 6.07. The van der Waals surface area contributed by atoms with Crippen LogP contribution in [0, 0.1) is 0 Å². The van der Waals surface area contributed by atoms with E-state index in [9.17, 15) is 14.4 Å². The van der Waals surface area contributed by atoms with Gasteiger partial charge in [0.25, 0.3) is 5.91 Å². The summed E-state index contributed by atoms with van der Waals surface area (Å²) in [5, 5.41) is 6.40. The summed E-state index contributed by atoms with van der Waals surface area (Å²) in [4.78, 5) is 43.5. The zero-order chi connectivity index (χ0) is 25.2. The second-order valence-corrected chi connectivity index (χ2v) is 9.02. The minimum Gasteiger partial charge on any atom is -0.467 e. The van der Waals surface area contributed by atoms with E-state index in [2.05, 4.69) is 10.6 Å². The van der Waals surface area contributed by atoms with Crippen LogP contribution in [-0.2, 0) is 16.1 Å². The summed E-state index contributed by atoms with van der Waals surface area (Å²) in [6.07, 6.45) is 1.54. The Kier molecular flexibility index (Phi) is 6.52. The number of hydrogen-bond donors (Lipinski definition) is 2. The number of amides is 4. The van der Waals surface area contributed by atoms with Gasteiger partial charge in [0.2, 0.25) is 5.91 Å². The molecule has 5 rings (SSSR count). The van der Waals surface area contributed by atoms with Crippen LogP contribution in [0.4, 0.5) is 4.79 Å². The number of likely N-dealkylation sites (N-methyl/N-ethyl adjacent to an activating group) is 1. The molecule has 2 aliphatic heterocycles. The number of benzene rings is 2. The van der Waals surface area contributed by atoms with Gasteiger partial charge in [-0.15, -0.1) is 0 Å². The fourth-order valence-corrected chi connectivity index (χ4v) is 4.88. The van der Waals surface area contributed by atoms with Crippen LogP contribution in [0.2, 0.25) is 5.02 Å². The van der Waals surface area contributed by atoms with Crippen LogP contribution in [0.5, 0.6) is 0 Å². The quantitative estimate of drug-likeness (QED) is 0.505. The van der Waals surface area contributed by atoms with Gasteiger partial charge in [0, 0.05) is 11.6 Å². The highest BCUT2D eigenvalue weighted by atomic mass is 35.5. The van der Waals surface area contributed by atoms with E-state index in [0.29, 0.717) is 34.2 Å². The Hall–Kier alpha value is -4.04. The van der Waals surface area contributed by atoms with Gasteiger partial charge in [-0.25, -0.2) is 4.79 Å². The topological polar surface area (TPSA) is 94.9 Å². The largest absolute Gasteiger partial charge is 0.467 e. The molecule has 8 nitrogen and oxygen atoms in total. The molecule has 2 atom stereocenters. The van der Waals surface area contributed by atoms with Crippen molar-refractivity contribution in [2.24, 2.45) is 0 Å². The number of urea groups is 1. The van der Waals surface area contributed by atoms with Crippen molar-refractivity contribution in [2.75, 3.05) is 13.1 Å². The third kappa shape index (κ3) is 4.35. The van der Waals surface area contributed by atoms with Crippen LogP contribution in [-0.4, -0.2) is 40.7 Å². The van der Waals surface area contributed by atoms with Crippen molar-refractivity contribution in [3.8, 4) is 0 Å². The van der Waals surface area contributed by atoms with Gasteiger partial charge in [0.15, 0.2) is 0 Å². The first-order chi connectivity index (χ1) is 17.5. The second-order valence-electron chi connectivity index (χ2n) is 8.58. The Morgan fingerprint density at radius 1 is 1.11 bits per heavy atom. The van der Waals surface area contributed by atoms with Crippen molar-refractivity contribution >= 4 is 29.4 Å². The summed E-state index contributed by atoms with van der Waals surface area (Å²) < 4.78 is 5.34. The molecule has 2 aliphatic rings. The number of halogens is 1. The fraction of sp³-hybridized carbons (Fsp3) is 0.222. The first kappa shape index (κ1) is 23.7. The molecule has 0 saturated heterocycles. The van der Waals surface area contributed by atoms with Crippen LogP contribution < -0.4 is 10.6 Å². The third-order valence-corrected chi connectivity index (χ3v) is 6.71. The van der Waals surface area contributed by atoms with Crippen molar-refractivity contribution in [1.82, 2.24) is 20.4 Å². The number of carbonyl (C=O) groups excluding carboxylic acids is 3. The normalized spacial score (nSPS) is 18.2. The molecule has 0 unspecified atom stereocenters. The van der Waals surface area contributed by atoms with Gasteiger partial charge >= 0.3 is 6.03 Å². The van der Waals surface area contributed by atoms with Gasteiger partial charge < -0.3 is 20.0 Å². The molecule has 0 fully saturated rings. The minimum absolute atomic E-state index is 0.132. The zero-order valence-electron chi connectivity index (χ0n) is 19.6. The lowest BCUT2D eigenvalue weighted by molar-refractivity contribution is -0.136. The highest BCUT2D eigenvalue weighted by Gasteiger charge is 2.47. The smallest absolute Gasteiger partial charge is 0.322 e. The molecule has 3 aromatic rings. The van der Waals surface area contributed by atoms with Crippen LogP contribution >= 0.6 is 11.6 Å². The SMILES string of the molecule is CCN1C(=O)N[C@@H](c2ccc(Cl)cc2)C2=C1CN([C@H](C(=O)NCc1ccco1)c1ccccc1)C2=O. The second kappa shape index (κ2) is 9.91. The highest BCUT2D eigenvalue weighted by molar-refractivity contribution is 6.30. The van der Waals surface area contributed by atoms with E-state index in [0.717, 1.165) is 5.56 Å². The number of hydrogen-bond acceptors (Lipinski definition) is 4. The Morgan fingerprint density at radius 2 is 1.86 bits per heavy atom. The Morgan fingerprint density at radius 3 is 2.53 bits per heavy atom. The first-order valence-corrected chi connectivity index (χ1v) is 12.1. The predicted octanol–water partition coefficient (Wildman–Crippen LogP) is 4.17. The van der Waals surface area contributed by atoms with Crippen LogP contribution in [0.25, 0.3) is 0 Å². The molecule has 2 N–H and O–H groups in total. The first-order valence-electron chi connectivity index (χ1n) is 11.7. The highest BCUT2D eigenvalue weighted by Crippen LogP contribution is 2.39. The van der Waals surface area contributed by atoms with Crippen LogP contribution in [0.15, 0.2) is 88.7 Å². The van der Waals surface area contributed by atoms with E-state index in [1.165, 1.54) is 4.90 Å². The van der Waals surface area contributed by atoms with E-state index in [1.54, 1.807) is 47.6 Å². The average Bonchev–Trinajstić information content (AvgIpc) is 3.52. The molecule has 4 amide bonds. The maximum atomic E-state index is 14.0. The van der Waals surface area contributed by atoms with Crippen molar-refractivity contribution in [2.45, 2.75) is 25.6 Å². The Labute approximate surface area is 213 Å². The van der Waals surface area contributed by atoms with E-state index < -0.39 is 12.1 Å². The van der Waals surface area contributed by atoms with Gasteiger partial charge in [-0.2, -0.15) is 0 Å². The standard InChI is InChI=1S/C27H25ClN4O4/c1-2-31-21-16-32(26(34)22(21)23(30-27(31)35)17-10-12-19(28)13-11-17)24(18-7-4-3-5-8-18)25(33)29-15-20-9-6-14-36-20/h3-14,23-24H,2,15-16H2,1H3,(H,29,33)(H,30,35)/t23-,24-/m0/s1. The predicted molar refractivity (Wildman–Crippen MR) is 134 cm³/mol. The number of nitrogens with zero attached hydrogens (tertiary/aromatic N) is 2. The molecule has 3 heterocycles. The van der Waals surface area contributed by atoms with Crippen molar-refractivity contribution in [3.05, 3.63) is 106 Å². The van der Waals surface area contributed by atoms with Gasteiger partial charge in [0.1, 0.15) is 11.8 Å². The maximum Gasteiger partial charge on any atom is 0.322 e. The van der Waals surface area contributed by atoms with Crippen LogP contribution in [0.3, 0.4) is 0 Å². The minimum atomic E-state index is -0.890. The van der Waals surface area contributed by atoms with E-state index in [4.69, 9.17) is 16.0 Å². The van der Waals surface area contributed by atoms with E-state index in [-0.39, 0.29) is 30.9 Å². The summed E-state index contributed by atoms with van der Waals surface area (Å²) in [5.74, 6) is -0.0309. The molecular formula is C27H25ClN4O4. The van der Waals surface area contributed by atoms with Gasteiger partial charge in [-0.3, -0.25) is 14.5 Å². The summed E-state index contributed by atoms with van der Waals surface area (Å²) in [7, 11) is 0. The monoisotopic (exact) mass is 504 g/mol. The lowest BCUT2D eigenvalue weighted by Crippen LogP contribution is -2.47. The van der Waals surface area contributed by atoms with Crippen molar-refractivity contribution in [1.29, 1.82) is 0 Å². The molecule has 0 saturated carbocycles.